The van der Waals surface area contributed by atoms with Crippen LogP contribution in [0, 0.1) is 34.5 Å². The Hall–Kier alpha value is -0.930. The molecule has 1 saturated heterocycles. The molecule has 0 amide bonds. The average molecular weight is 413 g/mol. The zero-order chi connectivity index (χ0) is 21.5. The third-order valence-electron chi connectivity index (χ3n) is 9.99. The molecule has 4 aliphatic carbocycles. The number of aliphatic hydroxyl groups excluding tert-OH is 1. The van der Waals surface area contributed by atoms with Crippen molar-refractivity contribution in [1.82, 2.24) is 0 Å². The molecule has 1 spiro atoms. The molecule has 1 aliphatic heterocycles. The molecule has 3 nitrogen and oxygen atoms in total. The second-order valence-corrected chi connectivity index (χ2v) is 12.0. The maximum Gasteiger partial charge on any atom is 0.190 e. The highest BCUT2D eigenvalue weighted by Crippen LogP contribution is 2.71. The van der Waals surface area contributed by atoms with Crippen molar-refractivity contribution in [2.75, 3.05) is 0 Å². The molecule has 8 atom stereocenters. The average Bonchev–Trinajstić information content (AvgIpc) is 3.29. The van der Waals surface area contributed by atoms with Crippen LogP contribution in [-0.2, 0) is 9.53 Å². The summed E-state index contributed by atoms with van der Waals surface area (Å²) in [5, 5.41) is 10.3. The normalized spacial score (nSPS) is 48.4. The van der Waals surface area contributed by atoms with E-state index in [2.05, 4.69) is 46.8 Å². The van der Waals surface area contributed by atoms with Gasteiger partial charge >= 0.3 is 0 Å². The summed E-state index contributed by atoms with van der Waals surface area (Å²) in [6.45, 7) is 11.8. The molecule has 0 aromatic rings. The molecule has 2 saturated carbocycles. The number of allylic oxidation sites excluding steroid dienone is 2. The summed E-state index contributed by atoms with van der Waals surface area (Å²) in [4.78, 5) is 13.6. The van der Waals surface area contributed by atoms with Gasteiger partial charge in [-0.15, -0.1) is 0 Å². The molecule has 1 N–H and O–H groups in total. The van der Waals surface area contributed by atoms with Gasteiger partial charge in [-0.05, 0) is 74.0 Å². The number of carbonyl (C=O) groups excluding carboxylic acids is 1. The highest BCUT2D eigenvalue weighted by atomic mass is 16.6. The SMILES string of the molecule is CC(C)C/C=C/[C@@H](C)[C@H]1CC[C@H]2C3=C(CC[C@]12C)[C@@]1(C)CC[C@H](O)C[C@@]12O[C@H]2C3=O. The highest BCUT2D eigenvalue weighted by Gasteiger charge is 2.76. The quantitative estimate of drug-likeness (QED) is 0.482. The van der Waals surface area contributed by atoms with Crippen LogP contribution in [-0.4, -0.2) is 28.7 Å². The van der Waals surface area contributed by atoms with E-state index in [0.29, 0.717) is 30.1 Å². The van der Waals surface area contributed by atoms with Crippen molar-refractivity contribution >= 4 is 5.78 Å². The van der Waals surface area contributed by atoms with E-state index in [-0.39, 0.29) is 28.8 Å². The first-order valence-electron chi connectivity index (χ1n) is 12.4. The Balaban J connectivity index is 1.46. The zero-order valence-electron chi connectivity index (χ0n) is 19.5. The van der Waals surface area contributed by atoms with Gasteiger partial charge in [-0.25, -0.2) is 0 Å². The van der Waals surface area contributed by atoms with Gasteiger partial charge < -0.3 is 9.84 Å². The Morgan fingerprint density at radius 3 is 2.67 bits per heavy atom. The number of carbonyl (C=O) groups is 1. The maximum atomic E-state index is 13.6. The largest absolute Gasteiger partial charge is 0.393 e. The van der Waals surface area contributed by atoms with E-state index >= 15 is 0 Å². The molecular weight excluding hydrogens is 372 g/mol. The topological polar surface area (TPSA) is 49.8 Å². The number of hydrogen-bond donors (Lipinski definition) is 1. The Labute approximate surface area is 182 Å². The van der Waals surface area contributed by atoms with Crippen LogP contribution in [0.4, 0.5) is 0 Å². The van der Waals surface area contributed by atoms with Crippen LogP contribution in [0.25, 0.3) is 0 Å². The summed E-state index contributed by atoms with van der Waals surface area (Å²) in [6.07, 6.45) is 12.4. The lowest BCUT2D eigenvalue weighted by Crippen LogP contribution is -2.53. The lowest BCUT2D eigenvalue weighted by atomic mass is 9.50. The number of ketones is 1. The van der Waals surface area contributed by atoms with Crippen molar-refractivity contribution in [3.8, 4) is 0 Å². The van der Waals surface area contributed by atoms with Gasteiger partial charge in [-0.2, -0.15) is 0 Å². The Bertz CT molecular complexity index is 809. The summed E-state index contributed by atoms with van der Waals surface area (Å²) in [6, 6.07) is 0. The third-order valence-corrected chi connectivity index (χ3v) is 9.99. The van der Waals surface area contributed by atoms with Crippen LogP contribution in [0.3, 0.4) is 0 Å². The molecule has 0 aromatic carbocycles. The maximum absolute atomic E-state index is 13.6. The smallest absolute Gasteiger partial charge is 0.190 e. The predicted octanol–water partition coefficient (Wildman–Crippen LogP) is 5.62. The summed E-state index contributed by atoms with van der Waals surface area (Å²) < 4.78 is 6.22. The molecular formula is C27H40O3. The third kappa shape index (κ3) is 2.67. The Morgan fingerprint density at radius 1 is 1.17 bits per heavy atom. The van der Waals surface area contributed by atoms with Crippen molar-refractivity contribution in [3.05, 3.63) is 23.3 Å². The lowest BCUT2D eigenvalue weighted by Gasteiger charge is -2.52. The minimum absolute atomic E-state index is 0.0532. The van der Waals surface area contributed by atoms with Crippen molar-refractivity contribution < 1.29 is 14.6 Å². The van der Waals surface area contributed by atoms with Gasteiger partial charge in [-0.1, -0.05) is 52.3 Å². The van der Waals surface area contributed by atoms with Crippen LogP contribution in [0.1, 0.15) is 86.0 Å². The van der Waals surface area contributed by atoms with E-state index < -0.39 is 5.60 Å². The van der Waals surface area contributed by atoms with Crippen LogP contribution >= 0.6 is 0 Å². The first-order chi connectivity index (χ1) is 14.1. The van der Waals surface area contributed by atoms with E-state index in [9.17, 15) is 9.90 Å². The van der Waals surface area contributed by atoms with Crippen molar-refractivity contribution in [1.29, 1.82) is 0 Å². The van der Waals surface area contributed by atoms with Crippen LogP contribution < -0.4 is 0 Å². The van der Waals surface area contributed by atoms with E-state index in [1.807, 2.05) is 0 Å². The molecule has 0 bridgehead atoms. The van der Waals surface area contributed by atoms with E-state index in [0.717, 1.165) is 32.1 Å². The van der Waals surface area contributed by atoms with Crippen LogP contribution in [0.5, 0.6) is 0 Å². The second-order valence-electron chi connectivity index (χ2n) is 12.0. The predicted molar refractivity (Wildman–Crippen MR) is 119 cm³/mol. The number of rotatable bonds is 4. The van der Waals surface area contributed by atoms with E-state index in [1.54, 1.807) is 0 Å². The fourth-order valence-electron chi connectivity index (χ4n) is 8.20. The fourth-order valence-corrected chi connectivity index (χ4v) is 8.20. The van der Waals surface area contributed by atoms with Gasteiger partial charge in [0, 0.05) is 17.4 Å². The molecule has 5 rings (SSSR count). The first kappa shape index (κ1) is 20.9. The summed E-state index contributed by atoms with van der Waals surface area (Å²) in [5.74, 6) is 2.59. The molecule has 3 heteroatoms. The molecule has 0 unspecified atom stereocenters. The monoisotopic (exact) mass is 412 g/mol. The van der Waals surface area contributed by atoms with Gasteiger partial charge in [0.05, 0.1) is 6.10 Å². The van der Waals surface area contributed by atoms with Crippen molar-refractivity contribution in [3.63, 3.8) is 0 Å². The standard InChI is InChI=1S/C27H40O3/c1-16(2)7-6-8-17(3)19-9-10-20-22-21(12-13-25(19,20)4)26(5)14-11-18(28)15-27(26)24(30-27)23(22)29/h6,8,16-20,24,28H,7,9-15H2,1-5H3/b8-6+/t17-,18+,19-,20+,24+,25-,26-,27+/m1/s1. The molecule has 0 radical (unpaired) electrons. The molecule has 1 heterocycles. The highest BCUT2D eigenvalue weighted by molar-refractivity contribution is 6.05. The molecule has 30 heavy (non-hydrogen) atoms. The number of Topliss-reactive ketones (excluding diaryl/α,β-unsaturated/α-hetero) is 1. The van der Waals surface area contributed by atoms with Gasteiger partial charge in [0.2, 0.25) is 0 Å². The van der Waals surface area contributed by atoms with E-state index in [4.69, 9.17) is 4.74 Å². The fraction of sp³-hybridized carbons (Fsp3) is 0.815. The Morgan fingerprint density at radius 2 is 1.93 bits per heavy atom. The summed E-state index contributed by atoms with van der Waals surface area (Å²) in [7, 11) is 0. The van der Waals surface area contributed by atoms with Gasteiger partial charge in [0.1, 0.15) is 5.60 Å². The van der Waals surface area contributed by atoms with E-state index in [1.165, 1.54) is 24.0 Å². The van der Waals surface area contributed by atoms with Gasteiger partial charge in [-0.3, -0.25) is 4.79 Å². The number of fused-ring (bicyclic) bond motifs is 3. The lowest BCUT2D eigenvalue weighted by molar-refractivity contribution is -0.119. The van der Waals surface area contributed by atoms with Crippen LogP contribution in [0.2, 0.25) is 0 Å². The Kier molecular flexibility index (Phi) is 4.74. The second kappa shape index (κ2) is 6.78. The molecule has 3 fully saturated rings. The molecule has 0 aromatic heterocycles. The molecule has 166 valence electrons. The van der Waals surface area contributed by atoms with Crippen LogP contribution in [0.15, 0.2) is 23.3 Å². The first-order valence-corrected chi connectivity index (χ1v) is 12.4. The van der Waals surface area contributed by atoms with Crippen molar-refractivity contribution in [2.24, 2.45) is 34.5 Å². The van der Waals surface area contributed by atoms with Gasteiger partial charge in [0.25, 0.3) is 0 Å². The summed E-state index contributed by atoms with van der Waals surface area (Å²) in [5.41, 5.74) is 2.35. The minimum Gasteiger partial charge on any atom is -0.393 e. The summed E-state index contributed by atoms with van der Waals surface area (Å²) >= 11 is 0. The number of hydrogen-bond acceptors (Lipinski definition) is 3. The zero-order valence-corrected chi connectivity index (χ0v) is 19.5. The van der Waals surface area contributed by atoms with Gasteiger partial charge in [0.15, 0.2) is 11.9 Å². The molecule has 5 aliphatic rings. The number of epoxide rings is 1. The minimum atomic E-state index is -0.404. The van der Waals surface area contributed by atoms with Crippen molar-refractivity contribution in [2.45, 2.75) is 104 Å². The number of ether oxygens (including phenoxy) is 1. The number of aliphatic hydroxyl groups is 1.